The summed E-state index contributed by atoms with van der Waals surface area (Å²) in [4.78, 5) is 11.7. The average Bonchev–Trinajstić information content (AvgIpc) is 2.41. The third-order valence-electron chi connectivity index (χ3n) is 2.86. The molecule has 0 radical (unpaired) electrons. The van der Waals surface area contributed by atoms with Crippen LogP contribution in [-0.2, 0) is 4.74 Å². The minimum atomic E-state index is -0.570. The molecular formula is C14H12O4. The van der Waals surface area contributed by atoms with E-state index >= 15 is 0 Å². The van der Waals surface area contributed by atoms with Crippen LogP contribution in [0, 0.1) is 0 Å². The van der Waals surface area contributed by atoms with Crippen molar-refractivity contribution >= 4 is 0 Å². The second kappa shape index (κ2) is 4.31. The number of ether oxygens (including phenoxy) is 2. The van der Waals surface area contributed by atoms with Gasteiger partial charge < -0.3 is 13.9 Å². The van der Waals surface area contributed by atoms with E-state index in [2.05, 4.69) is 0 Å². The largest absolute Gasteiger partial charge is 0.462 e. The van der Waals surface area contributed by atoms with Crippen LogP contribution in [0.3, 0.4) is 0 Å². The highest BCUT2D eigenvalue weighted by atomic mass is 16.7. The second-order valence-electron chi connectivity index (χ2n) is 4.12. The third kappa shape index (κ3) is 1.80. The van der Waals surface area contributed by atoms with Crippen LogP contribution in [0.25, 0.3) is 0 Å². The van der Waals surface area contributed by atoms with Gasteiger partial charge in [-0.05, 0) is 6.92 Å². The SMILES string of the molecule is C[C@H]1O[C@H](c2ccccc2)Oc2c1occc2=O. The zero-order valence-corrected chi connectivity index (χ0v) is 9.83. The smallest absolute Gasteiger partial charge is 0.227 e. The van der Waals surface area contributed by atoms with E-state index in [1.54, 1.807) is 0 Å². The van der Waals surface area contributed by atoms with Crippen LogP contribution in [-0.4, -0.2) is 0 Å². The van der Waals surface area contributed by atoms with Crippen LogP contribution in [0.4, 0.5) is 0 Å². The molecule has 1 aliphatic heterocycles. The molecule has 1 aromatic heterocycles. The first kappa shape index (κ1) is 11.0. The Morgan fingerprint density at radius 3 is 2.67 bits per heavy atom. The molecule has 4 nitrogen and oxygen atoms in total. The van der Waals surface area contributed by atoms with Gasteiger partial charge in [0.25, 0.3) is 0 Å². The van der Waals surface area contributed by atoms with E-state index < -0.39 is 6.29 Å². The molecule has 0 N–H and O–H groups in total. The molecule has 0 bridgehead atoms. The van der Waals surface area contributed by atoms with Crippen LogP contribution >= 0.6 is 0 Å². The number of rotatable bonds is 1. The van der Waals surface area contributed by atoms with Gasteiger partial charge in [-0.1, -0.05) is 30.3 Å². The molecule has 92 valence electrons. The Kier molecular flexibility index (Phi) is 2.64. The van der Waals surface area contributed by atoms with Crippen molar-refractivity contribution in [3.63, 3.8) is 0 Å². The molecule has 0 unspecified atom stereocenters. The van der Waals surface area contributed by atoms with Crippen LogP contribution in [0.5, 0.6) is 5.75 Å². The van der Waals surface area contributed by atoms with Gasteiger partial charge in [0.15, 0.2) is 5.76 Å². The molecule has 18 heavy (non-hydrogen) atoms. The van der Waals surface area contributed by atoms with Crippen molar-refractivity contribution in [1.29, 1.82) is 0 Å². The lowest BCUT2D eigenvalue weighted by Gasteiger charge is -2.28. The van der Waals surface area contributed by atoms with Gasteiger partial charge in [-0.3, -0.25) is 4.79 Å². The number of hydrogen-bond acceptors (Lipinski definition) is 4. The minimum Gasteiger partial charge on any atom is -0.462 e. The summed E-state index contributed by atoms with van der Waals surface area (Å²) in [6.45, 7) is 1.83. The standard InChI is InChI=1S/C14H12O4/c1-9-12-13(11(15)7-8-16-12)18-14(17-9)10-5-3-2-4-6-10/h2-9,14H,1H3/t9-,14+/m1/s1. The summed E-state index contributed by atoms with van der Waals surface area (Å²) in [5, 5.41) is 0. The van der Waals surface area contributed by atoms with Gasteiger partial charge in [-0.25, -0.2) is 0 Å². The Balaban J connectivity index is 2.01. The van der Waals surface area contributed by atoms with Crippen LogP contribution < -0.4 is 10.2 Å². The van der Waals surface area contributed by atoms with Crippen molar-refractivity contribution in [2.75, 3.05) is 0 Å². The first-order valence-corrected chi connectivity index (χ1v) is 5.74. The Labute approximate surface area is 104 Å². The van der Waals surface area contributed by atoms with E-state index in [0.29, 0.717) is 5.76 Å². The molecule has 0 saturated heterocycles. The molecule has 0 saturated carbocycles. The van der Waals surface area contributed by atoms with Gasteiger partial charge in [0.2, 0.25) is 17.5 Å². The second-order valence-corrected chi connectivity index (χ2v) is 4.12. The van der Waals surface area contributed by atoms with E-state index in [9.17, 15) is 4.79 Å². The van der Waals surface area contributed by atoms with Crippen LogP contribution in [0.1, 0.15) is 30.6 Å². The highest BCUT2D eigenvalue weighted by Gasteiger charge is 2.30. The highest BCUT2D eigenvalue weighted by Crippen LogP contribution is 2.37. The monoisotopic (exact) mass is 244 g/mol. The molecule has 2 atom stereocenters. The molecule has 0 fully saturated rings. The molecule has 1 aliphatic rings. The first-order valence-electron chi connectivity index (χ1n) is 5.74. The zero-order valence-electron chi connectivity index (χ0n) is 9.83. The van der Waals surface area contributed by atoms with Crippen LogP contribution in [0.2, 0.25) is 0 Å². The maximum absolute atomic E-state index is 11.7. The lowest BCUT2D eigenvalue weighted by molar-refractivity contribution is -0.148. The Morgan fingerprint density at radius 2 is 1.89 bits per heavy atom. The summed E-state index contributed by atoms with van der Waals surface area (Å²) in [5.41, 5.74) is 0.686. The van der Waals surface area contributed by atoms with Gasteiger partial charge in [-0.15, -0.1) is 0 Å². The van der Waals surface area contributed by atoms with Crippen molar-refractivity contribution in [3.8, 4) is 5.75 Å². The molecule has 3 rings (SSSR count). The van der Waals surface area contributed by atoms with Crippen molar-refractivity contribution in [2.45, 2.75) is 19.3 Å². The van der Waals surface area contributed by atoms with Crippen LogP contribution in [0.15, 0.2) is 51.9 Å². The fourth-order valence-corrected chi connectivity index (χ4v) is 1.96. The van der Waals surface area contributed by atoms with E-state index in [0.717, 1.165) is 5.56 Å². The topological polar surface area (TPSA) is 48.7 Å². The van der Waals surface area contributed by atoms with Crippen molar-refractivity contribution in [2.24, 2.45) is 0 Å². The van der Waals surface area contributed by atoms with E-state index in [-0.39, 0.29) is 17.3 Å². The van der Waals surface area contributed by atoms with Crippen molar-refractivity contribution in [1.82, 2.24) is 0 Å². The maximum atomic E-state index is 11.7. The van der Waals surface area contributed by atoms with E-state index in [1.165, 1.54) is 12.3 Å². The lowest BCUT2D eigenvalue weighted by atomic mass is 10.2. The third-order valence-corrected chi connectivity index (χ3v) is 2.86. The molecule has 4 heteroatoms. The number of benzene rings is 1. The number of hydrogen-bond donors (Lipinski definition) is 0. The van der Waals surface area contributed by atoms with Gasteiger partial charge in [0.1, 0.15) is 6.10 Å². The van der Waals surface area contributed by atoms with Crippen molar-refractivity contribution in [3.05, 3.63) is 64.2 Å². The van der Waals surface area contributed by atoms with Gasteiger partial charge >= 0.3 is 0 Å². The molecule has 0 aliphatic carbocycles. The minimum absolute atomic E-state index is 0.188. The summed E-state index contributed by atoms with van der Waals surface area (Å²) in [5.74, 6) is 0.680. The summed E-state index contributed by atoms with van der Waals surface area (Å²) in [7, 11) is 0. The Hall–Kier alpha value is -2.07. The Bertz CT molecular complexity index is 603. The van der Waals surface area contributed by atoms with Crippen molar-refractivity contribution < 1.29 is 13.9 Å². The molecule has 0 spiro atoms. The predicted molar refractivity (Wildman–Crippen MR) is 64.3 cm³/mol. The van der Waals surface area contributed by atoms with Gasteiger partial charge in [0.05, 0.1) is 6.26 Å². The predicted octanol–water partition coefficient (Wildman–Crippen LogP) is 2.81. The quantitative estimate of drug-likeness (QED) is 0.774. The Morgan fingerprint density at radius 1 is 1.11 bits per heavy atom. The van der Waals surface area contributed by atoms with Gasteiger partial charge in [-0.2, -0.15) is 0 Å². The normalized spacial score (nSPS) is 22.1. The lowest BCUT2D eigenvalue weighted by Crippen LogP contribution is -2.24. The fraction of sp³-hybridized carbons (Fsp3) is 0.214. The molecule has 2 aromatic rings. The maximum Gasteiger partial charge on any atom is 0.227 e. The summed E-state index contributed by atoms with van der Waals surface area (Å²) >= 11 is 0. The zero-order chi connectivity index (χ0) is 12.5. The highest BCUT2D eigenvalue weighted by molar-refractivity contribution is 5.29. The molecular weight excluding hydrogens is 232 g/mol. The number of fused-ring (bicyclic) bond motifs is 1. The van der Waals surface area contributed by atoms with E-state index in [1.807, 2.05) is 37.3 Å². The summed E-state index contributed by atoms with van der Waals surface area (Å²) in [6, 6.07) is 10.8. The summed E-state index contributed by atoms with van der Waals surface area (Å²) in [6.07, 6.45) is 0.472. The summed E-state index contributed by atoms with van der Waals surface area (Å²) < 4.78 is 16.6. The van der Waals surface area contributed by atoms with E-state index in [4.69, 9.17) is 13.9 Å². The average molecular weight is 244 g/mol. The molecule has 1 aromatic carbocycles. The van der Waals surface area contributed by atoms with Gasteiger partial charge in [0, 0.05) is 11.6 Å². The molecule has 0 amide bonds. The molecule has 2 heterocycles. The fourth-order valence-electron chi connectivity index (χ4n) is 1.96. The first-order chi connectivity index (χ1) is 8.75.